The monoisotopic (exact) mass is 337 g/mol. The maximum Gasteiger partial charge on any atom is 0.124 e. The van der Waals surface area contributed by atoms with Gasteiger partial charge in [0.1, 0.15) is 5.82 Å². The maximum atomic E-state index is 12.8. The molecular weight excluding hydrogens is 320 g/mol. The van der Waals surface area contributed by atoms with Crippen LogP contribution in [0.25, 0.3) is 0 Å². The van der Waals surface area contributed by atoms with Gasteiger partial charge in [-0.1, -0.05) is 0 Å². The summed E-state index contributed by atoms with van der Waals surface area (Å²) in [5, 5.41) is 3.21. The fraction of sp³-hybridized carbons (Fsp3) is 0.500. The van der Waals surface area contributed by atoms with Crippen LogP contribution >= 0.6 is 22.6 Å². The summed E-state index contributed by atoms with van der Waals surface area (Å²) in [6, 6.07) is 4.71. The Morgan fingerprint density at radius 2 is 2.06 bits per heavy atom. The molecule has 0 unspecified atom stereocenters. The highest BCUT2D eigenvalue weighted by molar-refractivity contribution is 14.1. The molecular formula is C12H17FINO. The minimum absolute atomic E-state index is 0.113. The van der Waals surface area contributed by atoms with Crippen molar-refractivity contribution in [2.75, 3.05) is 18.5 Å². The summed E-state index contributed by atoms with van der Waals surface area (Å²) in [5.41, 5.74) is 0.831. The van der Waals surface area contributed by atoms with E-state index < -0.39 is 0 Å². The summed E-state index contributed by atoms with van der Waals surface area (Å²) >= 11 is 2.11. The second-order valence-corrected chi connectivity index (χ2v) is 5.67. The zero-order valence-corrected chi connectivity index (χ0v) is 12.0. The Labute approximate surface area is 110 Å². The molecule has 0 bridgehead atoms. The Balaban J connectivity index is 2.38. The number of hydrogen-bond acceptors (Lipinski definition) is 2. The van der Waals surface area contributed by atoms with E-state index in [2.05, 4.69) is 27.9 Å². The lowest BCUT2D eigenvalue weighted by Gasteiger charge is -2.20. The third-order valence-corrected chi connectivity index (χ3v) is 2.78. The third-order valence-electron chi connectivity index (χ3n) is 1.88. The Kier molecular flexibility index (Phi) is 4.98. The quantitative estimate of drug-likeness (QED) is 0.669. The molecule has 0 aliphatic heterocycles. The number of benzene rings is 1. The summed E-state index contributed by atoms with van der Waals surface area (Å²) in [7, 11) is 0. The molecule has 4 heteroatoms. The Hall–Kier alpha value is -0.360. The molecule has 1 aromatic carbocycles. The highest BCUT2D eigenvalue weighted by Gasteiger charge is 2.09. The molecule has 1 aromatic rings. The van der Waals surface area contributed by atoms with Crippen LogP contribution in [0, 0.1) is 9.39 Å². The molecule has 1 rings (SSSR count). The van der Waals surface area contributed by atoms with Crippen molar-refractivity contribution in [3.8, 4) is 0 Å². The maximum absolute atomic E-state index is 12.8. The lowest BCUT2D eigenvalue weighted by atomic mass is 10.2. The summed E-state index contributed by atoms with van der Waals surface area (Å²) < 4.78 is 19.3. The van der Waals surface area contributed by atoms with Crippen molar-refractivity contribution in [1.82, 2.24) is 0 Å². The van der Waals surface area contributed by atoms with Gasteiger partial charge in [0, 0.05) is 15.8 Å². The van der Waals surface area contributed by atoms with Gasteiger partial charge in [-0.05, 0) is 61.6 Å². The van der Waals surface area contributed by atoms with Gasteiger partial charge in [-0.3, -0.25) is 0 Å². The van der Waals surface area contributed by atoms with E-state index in [0.29, 0.717) is 6.61 Å². The summed E-state index contributed by atoms with van der Waals surface area (Å²) in [4.78, 5) is 0. The zero-order valence-electron chi connectivity index (χ0n) is 9.81. The van der Waals surface area contributed by atoms with Gasteiger partial charge in [0.05, 0.1) is 12.2 Å². The number of halogens is 2. The predicted molar refractivity (Wildman–Crippen MR) is 73.3 cm³/mol. The van der Waals surface area contributed by atoms with Crippen molar-refractivity contribution in [3.63, 3.8) is 0 Å². The van der Waals surface area contributed by atoms with Crippen LogP contribution in [0.4, 0.5) is 10.1 Å². The highest BCUT2D eigenvalue weighted by Crippen LogP contribution is 2.18. The molecule has 0 amide bonds. The van der Waals surface area contributed by atoms with Gasteiger partial charge in [0.15, 0.2) is 0 Å². The zero-order chi connectivity index (χ0) is 12.2. The number of nitrogens with one attached hydrogen (secondary N) is 1. The average Bonchev–Trinajstić information content (AvgIpc) is 2.13. The van der Waals surface area contributed by atoms with E-state index in [-0.39, 0.29) is 11.4 Å². The topological polar surface area (TPSA) is 21.3 Å². The molecule has 0 aliphatic rings. The van der Waals surface area contributed by atoms with Crippen molar-refractivity contribution >= 4 is 28.3 Å². The molecule has 0 aromatic heterocycles. The van der Waals surface area contributed by atoms with Crippen LogP contribution in [0.2, 0.25) is 0 Å². The number of anilines is 1. The standard InChI is InChI=1S/C12H17FINO/c1-12(2,3)16-7-6-15-11-5-4-9(13)8-10(11)14/h4-5,8,15H,6-7H2,1-3H3. The van der Waals surface area contributed by atoms with Crippen LogP contribution in [-0.2, 0) is 4.74 Å². The molecule has 0 spiro atoms. The van der Waals surface area contributed by atoms with Gasteiger partial charge < -0.3 is 10.1 Å². The van der Waals surface area contributed by atoms with E-state index in [1.807, 2.05) is 20.8 Å². The first-order valence-electron chi connectivity index (χ1n) is 5.21. The van der Waals surface area contributed by atoms with Crippen LogP contribution in [0.5, 0.6) is 0 Å². The molecule has 0 aliphatic carbocycles. The molecule has 0 radical (unpaired) electrons. The molecule has 90 valence electrons. The lowest BCUT2D eigenvalue weighted by Crippen LogP contribution is -2.23. The second-order valence-electron chi connectivity index (χ2n) is 4.51. The van der Waals surface area contributed by atoms with Crippen LogP contribution in [0.1, 0.15) is 20.8 Å². The van der Waals surface area contributed by atoms with Gasteiger partial charge in [0.2, 0.25) is 0 Å². The minimum Gasteiger partial charge on any atom is -0.382 e. The molecule has 0 fully saturated rings. The van der Waals surface area contributed by atoms with E-state index in [9.17, 15) is 4.39 Å². The summed E-state index contributed by atoms with van der Waals surface area (Å²) in [5.74, 6) is -0.208. The van der Waals surface area contributed by atoms with Crippen LogP contribution in [-0.4, -0.2) is 18.8 Å². The van der Waals surface area contributed by atoms with Crippen LogP contribution in [0.3, 0.4) is 0 Å². The molecule has 0 atom stereocenters. The fourth-order valence-electron chi connectivity index (χ4n) is 1.18. The minimum atomic E-state index is -0.208. The highest BCUT2D eigenvalue weighted by atomic mass is 127. The average molecular weight is 337 g/mol. The molecule has 2 nitrogen and oxygen atoms in total. The van der Waals surface area contributed by atoms with Crippen molar-refractivity contribution in [3.05, 3.63) is 27.6 Å². The van der Waals surface area contributed by atoms with E-state index in [4.69, 9.17) is 4.74 Å². The van der Waals surface area contributed by atoms with Gasteiger partial charge >= 0.3 is 0 Å². The predicted octanol–water partition coefficient (Wildman–Crippen LogP) is 3.66. The van der Waals surface area contributed by atoms with Gasteiger partial charge in [-0.2, -0.15) is 0 Å². The first-order chi connectivity index (χ1) is 7.38. The Morgan fingerprint density at radius 1 is 1.38 bits per heavy atom. The molecule has 0 heterocycles. The second kappa shape index (κ2) is 5.82. The van der Waals surface area contributed by atoms with E-state index in [0.717, 1.165) is 15.8 Å². The van der Waals surface area contributed by atoms with Gasteiger partial charge in [-0.15, -0.1) is 0 Å². The van der Waals surface area contributed by atoms with Crippen LogP contribution in [0.15, 0.2) is 18.2 Å². The molecule has 1 N–H and O–H groups in total. The summed E-state index contributed by atoms with van der Waals surface area (Å²) in [6.45, 7) is 7.42. The number of ether oxygens (including phenoxy) is 1. The normalized spacial score (nSPS) is 11.6. The number of hydrogen-bond donors (Lipinski definition) is 1. The van der Waals surface area contributed by atoms with Gasteiger partial charge in [-0.25, -0.2) is 4.39 Å². The Morgan fingerprint density at radius 3 is 2.62 bits per heavy atom. The molecule has 0 saturated heterocycles. The molecule has 0 saturated carbocycles. The largest absolute Gasteiger partial charge is 0.382 e. The van der Waals surface area contributed by atoms with Crippen molar-refractivity contribution in [2.45, 2.75) is 26.4 Å². The fourth-order valence-corrected chi connectivity index (χ4v) is 1.84. The molecule has 16 heavy (non-hydrogen) atoms. The first kappa shape index (κ1) is 13.7. The lowest BCUT2D eigenvalue weighted by molar-refractivity contribution is 0.00333. The smallest absolute Gasteiger partial charge is 0.124 e. The van der Waals surface area contributed by atoms with Crippen molar-refractivity contribution in [2.24, 2.45) is 0 Å². The van der Waals surface area contributed by atoms with E-state index >= 15 is 0 Å². The SMILES string of the molecule is CC(C)(C)OCCNc1ccc(F)cc1I. The van der Waals surface area contributed by atoms with Crippen LogP contribution < -0.4 is 5.32 Å². The summed E-state index contributed by atoms with van der Waals surface area (Å²) in [6.07, 6.45) is 0. The Bertz CT molecular complexity index is 349. The van der Waals surface area contributed by atoms with Crippen molar-refractivity contribution < 1.29 is 9.13 Å². The van der Waals surface area contributed by atoms with Crippen molar-refractivity contribution in [1.29, 1.82) is 0 Å². The van der Waals surface area contributed by atoms with Gasteiger partial charge in [0.25, 0.3) is 0 Å². The first-order valence-corrected chi connectivity index (χ1v) is 6.29. The van der Waals surface area contributed by atoms with E-state index in [1.165, 1.54) is 12.1 Å². The number of rotatable bonds is 4. The van der Waals surface area contributed by atoms with E-state index in [1.54, 1.807) is 6.07 Å². The third kappa shape index (κ3) is 5.12.